The average Bonchev–Trinajstić information content (AvgIpc) is 2.75. The van der Waals surface area contributed by atoms with Crippen molar-refractivity contribution >= 4 is 32.4 Å². The van der Waals surface area contributed by atoms with Crippen LogP contribution in [0.4, 0.5) is 5.69 Å². The molecule has 0 aromatic heterocycles. The molecule has 1 heterocycles. The summed E-state index contributed by atoms with van der Waals surface area (Å²) in [6.45, 7) is 1.70. The molecular weight excluding hydrogens is 278 g/mol. The Bertz CT molecular complexity index is 555. The minimum Gasteiger partial charge on any atom is -0.391 e. The number of benzene rings is 2. The highest BCUT2D eigenvalue weighted by Crippen LogP contribution is 2.27. The van der Waals surface area contributed by atoms with Gasteiger partial charge in [-0.3, -0.25) is 0 Å². The molecule has 2 aromatic rings. The van der Waals surface area contributed by atoms with E-state index in [9.17, 15) is 5.11 Å². The fourth-order valence-electron chi connectivity index (χ4n) is 2.38. The zero-order valence-electron chi connectivity index (χ0n) is 9.44. The molecule has 1 N–H and O–H groups in total. The van der Waals surface area contributed by atoms with Crippen LogP contribution < -0.4 is 4.90 Å². The van der Waals surface area contributed by atoms with Crippen molar-refractivity contribution in [3.05, 3.63) is 40.9 Å². The number of hydrogen-bond acceptors (Lipinski definition) is 2. The second-order valence-corrected chi connectivity index (χ2v) is 5.48. The van der Waals surface area contributed by atoms with Crippen molar-refractivity contribution in [3.8, 4) is 0 Å². The molecule has 0 spiro atoms. The normalized spacial score (nSPS) is 20.1. The first-order chi connectivity index (χ1) is 8.22. The van der Waals surface area contributed by atoms with E-state index < -0.39 is 0 Å². The number of hydrogen-bond donors (Lipinski definition) is 1. The zero-order valence-corrected chi connectivity index (χ0v) is 11.0. The van der Waals surface area contributed by atoms with Crippen molar-refractivity contribution in [2.45, 2.75) is 12.5 Å². The molecule has 0 radical (unpaired) electrons. The first-order valence-electron chi connectivity index (χ1n) is 5.85. The molecule has 1 aliphatic rings. The van der Waals surface area contributed by atoms with Gasteiger partial charge in [0.15, 0.2) is 0 Å². The largest absolute Gasteiger partial charge is 0.391 e. The molecule has 88 valence electrons. The van der Waals surface area contributed by atoms with Crippen molar-refractivity contribution in [1.82, 2.24) is 0 Å². The minimum absolute atomic E-state index is 0.171. The van der Waals surface area contributed by atoms with Crippen LogP contribution in [-0.4, -0.2) is 24.3 Å². The third-order valence-electron chi connectivity index (χ3n) is 3.31. The van der Waals surface area contributed by atoms with E-state index in [0.717, 1.165) is 24.0 Å². The summed E-state index contributed by atoms with van der Waals surface area (Å²) < 4.78 is 1.11. The molecule has 1 atom stereocenters. The molecule has 0 amide bonds. The van der Waals surface area contributed by atoms with Crippen LogP contribution in [0.25, 0.3) is 10.8 Å². The van der Waals surface area contributed by atoms with Gasteiger partial charge in [-0.05, 0) is 41.5 Å². The number of nitrogens with zero attached hydrogens (tertiary/aromatic N) is 1. The Kier molecular flexibility index (Phi) is 2.81. The minimum atomic E-state index is -0.171. The molecule has 2 nitrogen and oxygen atoms in total. The van der Waals surface area contributed by atoms with Gasteiger partial charge in [0.2, 0.25) is 0 Å². The molecule has 0 aliphatic carbocycles. The summed E-state index contributed by atoms with van der Waals surface area (Å²) in [4.78, 5) is 2.24. The summed E-state index contributed by atoms with van der Waals surface area (Å²) >= 11 is 3.48. The van der Waals surface area contributed by atoms with E-state index in [1.165, 1.54) is 16.5 Å². The Morgan fingerprint density at radius 1 is 1.12 bits per heavy atom. The maximum atomic E-state index is 9.56. The van der Waals surface area contributed by atoms with Crippen molar-refractivity contribution in [3.63, 3.8) is 0 Å². The zero-order chi connectivity index (χ0) is 11.8. The predicted molar refractivity (Wildman–Crippen MR) is 74.5 cm³/mol. The maximum Gasteiger partial charge on any atom is 0.0731 e. The highest BCUT2D eigenvalue weighted by molar-refractivity contribution is 9.10. The highest BCUT2D eigenvalue weighted by Gasteiger charge is 2.20. The number of aliphatic hydroxyl groups is 1. The molecule has 0 bridgehead atoms. The lowest BCUT2D eigenvalue weighted by atomic mass is 10.1. The van der Waals surface area contributed by atoms with Crippen LogP contribution in [-0.2, 0) is 0 Å². The maximum absolute atomic E-state index is 9.56. The molecule has 17 heavy (non-hydrogen) atoms. The highest BCUT2D eigenvalue weighted by atomic mass is 79.9. The molecule has 0 saturated carbocycles. The van der Waals surface area contributed by atoms with Crippen LogP contribution in [0.2, 0.25) is 0 Å². The Hall–Kier alpha value is -1.06. The van der Waals surface area contributed by atoms with Gasteiger partial charge in [0.05, 0.1) is 6.10 Å². The van der Waals surface area contributed by atoms with Crippen LogP contribution in [0, 0.1) is 0 Å². The molecule has 3 heteroatoms. The van der Waals surface area contributed by atoms with Crippen molar-refractivity contribution in [2.75, 3.05) is 18.0 Å². The third-order valence-corrected chi connectivity index (χ3v) is 3.81. The number of aliphatic hydroxyl groups excluding tert-OH is 1. The van der Waals surface area contributed by atoms with Gasteiger partial charge in [0.25, 0.3) is 0 Å². The van der Waals surface area contributed by atoms with Gasteiger partial charge in [0, 0.05) is 23.2 Å². The van der Waals surface area contributed by atoms with Crippen LogP contribution in [0.5, 0.6) is 0 Å². The molecule has 3 rings (SSSR count). The smallest absolute Gasteiger partial charge is 0.0731 e. The number of fused-ring (bicyclic) bond motifs is 1. The number of rotatable bonds is 1. The summed E-state index contributed by atoms with van der Waals surface area (Å²) in [6.07, 6.45) is 0.703. The molecule has 1 aliphatic heterocycles. The summed E-state index contributed by atoms with van der Waals surface area (Å²) in [5.74, 6) is 0. The van der Waals surface area contributed by atoms with Crippen molar-refractivity contribution in [1.29, 1.82) is 0 Å². The lowest BCUT2D eigenvalue weighted by Gasteiger charge is -2.18. The Balaban J connectivity index is 1.99. The summed E-state index contributed by atoms with van der Waals surface area (Å²) in [6, 6.07) is 12.8. The van der Waals surface area contributed by atoms with Gasteiger partial charge >= 0.3 is 0 Å². The third kappa shape index (κ3) is 2.17. The van der Waals surface area contributed by atoms with Gasteiger partial charge in [-0.25, -0.2) is 0 Å². The Labute approximate surface area is 109 Å². The van der Waals surface area contributed by atoms with E-state index in [1.54, 1.807) is 0 Å². The van der Waals surface area contributed by atoms with Crippen LogP contribution >= 0.6 is 15.9 Å². The van der Waals surface area contributed by atoms with Crippen molar-refractivity contribution < 1.29 is 5.11 Å². The van der Waals surface area contributed by atoms with Crippen LogP contribution in [0.3, 0.4) is 0 Å². The predicted octanol–water partition coefficient (Wildman–Crippen LogP) is 3.17. The van der Waals surface area contributed by atoms with E-state index in [1.807, 2.05) is 0 Å². The lowest BCUT2D eigenvalue weighted by Crippen LogP contribution is -2.20. The molecule has 2 aromatic carbocycles. The van der Waals surface area contributed by atoms with Gasteiger partial charge in [-0.1, -0.05) is 28.1 Å². The number of β-amino-alcohol motifs (C(OH)–C–C–N with tert-alkyl or cyclic N) is 1. The summed E-state index contributed by atoms with van der Waals surface area (Å²) in [5.41, 5.74) is 1.20. The quantitative estimate of drug-likeness (QED) is 0.872. The molecule has 1 saturated heterocycles. The number of anilines is 1. The fraction of sp³-hybridized carbons (Fsp3) is 0.286. The first-order valence-corrected chi connectivity index (χ1v) is 6.64. The Morgan fingerprint density at radius 3 is 2.65 bits per heavy atom. The van der Waals surface area contributed by atoms with Crippen LogP contribution in [0.1, 0.15) is 6.42 Å². The fourth-order valence-corrected chi connectivity index (χ4v) is 2.76. The van der Waals surface area contributed by atoms with Crippen LogP contribution in [0.15, 0.2) is 40.9 Å². The lowest BCUT2D eigenvalue weighted by molar-refractivity contribution is 0.198. The molecule has 1 unspecified atom stereocenters. The first kappa shape index (κ1) is 11.1. The summed E-state index contributed by atoms with van der Waals surface area (Å²) in [7, 11) is 0. The van der Waals surface area contributed by atoms with E-state index in [4.69, 9.17) is 0 Å². The van der Waals surface area contributed by atoms with E-state index in [2.05, 4.69) is 57.2 Å². The van der Waals surface area contributed by atoms with Gasteiger partial charge in [0.1, 0.15) is 0 Å². The van der Waals surface area contributed by atoms with E-state index >= 15 is 0 Å². The summed E-state index contributed by atoms with van der Waals surface area (Å²) in [5, 5.41) is 12.0. The van der Waals surface area contributed by atoms with Gasteiger partial charge in [-0.15, -0.1) is 0 Å². The number of halogens is 1. The SMILES string of the molecule is OC1CCN(c2ccc3cc(Br)ccc3c2)C1. The second-order valence-electron chi connectivity index (χ2n) is 4.56. The topological polar surface area (TPSA) is 23.5 Å². The molecular formula is C14H14BrNO. The second kappa shape index (κ2) is 4.31. The van der Waals surface area contributed by atoms with E-state index in [-0.39, 0.29) is 6.10 Å². The standard InChI is InChI=1S/C14H14BrNO/c15-12-3-1-11-8-13(4-2-10(11)7-12)16-6-5-14(17)9-16/h1-4,7-8,14,17H,5-6,9H2. The molecule has 1 fully saturated rings. The van der Waals surface area contributed by atoms with Crippen molar-refractivity contribution in [2.24, 2.45) is 0 Å². The monoisotopic (exact) mass is 291 g/mol. The average molecular weight is 292 g/mol. The van der Waals surface area contributed by atoms with Gasteiger partial charge < -0.3 is 10.0 Å². The van der Waals surface area contributed by atoms with Gasteiger partial charge in [-0.2, -0.15) is 0 Å². The Morgan fingerprint density at radius 2 is 1.88 bits per heavy atom. The van der Waals surface area contributed by atoms with E-state index in [0.29, 0.717) is 0 Å².